The molecule has 240 valence electrons. The fourth-order valence-electron chi connectivity index (χ4n) is 4.46. The number of amides is 2. The molecule has 1 aromatic rings. The van der Waals surface area contributed by atoms with Crippen LogP contribution in [0, 0.1) is 0 Å². The number of nitrogens with one attached hydrogen (secondary N) is 2. The van der Waals surface area contributed by atoms with Gasteiger partial charge in [0, 0.05) is 19.3 Å². The number of nitrogens with two attached hydrogens (primary N) is 1. The van der Waals surface area contributed by atoms with Gasteiger partial charge in [-0.25, -0.2) is 9.59 Å². The number of hydrogen-bond acceptors (Lipinski definition) is 5. The van der Waals surface area contributed by atoms with E-state index in [4.69, 9.17) is 10.8 Å². The normalized spacial score (nSPS) is 12.0. The van der Waals surface area contributed by atoms with Gasteiger partial charge in [-0.2, -0.15) is 0 Å². The predicted octanol–water partition coefficient (Wildman–Crippen LogP) is 5.98. The van der Waals surface area contributed by atoms with Crippen molar-refractivity contribution >= 4 is 23.8 Å². The van der Waals surface area contributed by atoms with E-state index in [1.807, 2.05) is 30.3 Å². The molecular weight excluding hydrogens is 534 g/mol. The molecule has 1 aromatic carbocycles. The Hall–Kier alpha value is -2.94. The molecule has 2 amide bonds. The number of unbranched alkanes of at least 4 members (excludes halogenated alkanes) is 11. The minimum atomic E-state index is -0.982. The molecule has 0 aliphatic rings. The van der Waals surface area contributed by atoms with Gasteiger partial charge in [-0.15, -0.1) is 0 Å². The maximum absolute atomic E-state index is 12.0. The third-order valence-electron chi connectivity index (χ3n) is 7.01. The first-order valence-electron chi connectivity index (χ1n) is 16.0. The first-order chi connectivity index (χ1) is 20.2. The average Bonchev–Trinajstić information content (AvgIpc) is 2.96. The van der Waals surface area contributed by atoms with Crippen LogP contribution in [0.4, 0.5) is 0 Å². The van der Waals surface area contributed by atoms with Crippen LogP contribution in [0.2, 0.25) is 0 Å². The van der Waals surface area contributed by atoms with E-state index in [-0.39, 0.29) is 11.8 Å². The van der Waals surface area contributed by atoms with Crippen LogP contribution in [0.25, 0.3) is 0 Å². The maximum atomic E-state index is 12.0. The summed E-state index contributed by atoms with van der Waals surface area (Å²) >= 11 is 0. The van der Waals surface area contributed by atoms with Crippen molar-refractivity contribution in [2.75, 3.05) is 6.54 Å². The van der Waals surface area contributed by atoms with E-state index < -0.39 is 24.0 Å². The molecule has 0 bridgehead atoms. The number of aliphatic carboxylic acids is 2. The van der Waals surface area contributed by atoms with Gasteiger partial charge in [0.2, 0.25) is 11.8 Å². The summed E-state index contributed by atoms with van der Waals surface area (Å²) in [6, 6.07) is 7.77. The minimum absolute atomic E-state index is 0.161. The van der Waals surface area contributed by atoms with E-state index in [2.05, 4.69) is 24.5 Å². The molecule has 0 aromatic heterocycles. The smallest absolute Gasteiger partial charge is 0.326 e. The molecule has 0 fully saturated rings. The number of hydrogen-bond donors (Lipinski definition) is 5. The molecular formula is C33H57N3O6. The predicted molar refractivity (Wildman–Crippen MR) is 168 cm³/mol. The summed E-state index contributed by atoms with van der Waals surface area (Å²) < 4.78 is 0. The van der Waals surface area contributed by atoms with Crippen molar-refractivity contribution in [3.8, 4) is 0 Å². The molecule has 6 N–H and O–H groups in total. The molecule has 2 unspecified atom stereocenters. The first kappa shape index (κ1) is 39.1. The summed E-state index contributed by atoms with van der Waals surface area (Å²) in [5.74, 6) is -2.28. The second kappa shape index (κ2) is 26.9. The quantitative estimate of drug-likeness (QED) is 0.0924. The zero-order valence-corrected chi connectivity index (χ0v) is 26.1. The van der Waals surface area contributed by atoms with Crippen molar-refractivity contribution in [3.05, 3.63) is 35.9 Å². The Kier molecular flexibility index (Phi) is 25.0. The van der Waals surface area contributed by atoms with Crippen LogP contribution in [0.5, 0.6) is 0 Å². The van der Waals surface area contributed by atoms with Crippen molar-refractivity contribution in [2.45, 2.75) is 142 Å². The van der Waals surface area contributed by atoms with Crippen LogP contribution in [-0.4, -0.2) is 52.6 Å². The second-order valence-electron chi connectivity index (χ2n) is 10.9. The summed E-state index contributed by atoms with van der Waals surface area (Å²) in [4.78, 5) is 45.7. The minimum Gasteiger partial charge on any atom is -0.480 e. The van der Waals surface area contributed by atoms with E-state index in [0.29, 0.717) is 32.2 Å². The van der Waals surface area contributed by atoms with E-state index in [1.54, 1.807) is 0 Å². The Morgan fingerprint density at radius 3 is 1.60 bits per heavy atom. The fraction of sp³-hybridized carbons (Fsp3) is 0.697. The van der Waals surface area contributed by atoms with E-state index in [1.165, 1.54) is 38.5 Å². The van der Waals surface area contributed by atoms with Gasteiger partial charge in [0.1, 0.15) is 12.1 Å². The Bertz CT molecular complexity index is 849. The van der Waals surface area contributed by atoms with E-state index in [0.717, 1.165) is 56.9 Å². The highest BCUT2D eigenvalue weighted by atomic mass is 16.4. The van der Waals surface area contributed by atoms with Crippen LogP contribution < -0.4 is 16.4 Å². The molecule has 42 heavy (non-hydrogen) atoms. The highest BCUT2D eigenvalue weighted by Gasteiger charge is 2.20. The molecule has 2 atom stereocenters. The molecule has 9 nitrogen and oxygen atoms in total. The van der Waals surface area contributed by atoms with Gasteiger partial charge in [-0.3, -0.25) is 9.59 Å². The first-order valence-corrected chi connectivity index (χ1v) is 16.0. The summed E-state index contributed by atoms with van der Waals surface area (Å²) in [5.41, 5.74) is 6.25. The SMILES string of the molecule is CCCCCC(=O)NC(CCCCN)C(=O)O.CCCCCCCCCCCC(=O)NC(Cc1ccccc1)C(=O)O. The van der Waals surface area contributed by atoms with Gasteiger partial charge in [-0.05, 0) is 44.2 Å². The molecule has 1 rings (SSSR count). The van der Waals surface area contributed by atoms with Gasteiger partial charge >= 0.3 is 11.9 Å². The molecule has 0 saturated carbocycles. The Morgan fingerprint density at radius 2 is 1.10 bits per heavy atom. The number of rotatable bonds is 24. The lowest BCUT2D eigenvalue weighted by molar-refractivity contribution is -0.142. The lowest BCUT2D eigenvalue weighted by Gasteiger charge is -2.14. The zero-order valence-electron chi connectivity index (χ0n) is 26.1. The summed E-state index contributed by atoms with van der Waals surface area (Å²) in [6.45, 7) is 4.83. The lowest BCUT2D eigenvalue weighted by atomic mass is 10.0. The number of carboxylic acids is 2. The van der Waals surface area contributed by atoms with Crippen LogP contribution in [0.1, 0.15) is 129 Å². The molecule has 9 heteroatoms. The van der Waals surface area contributed by atoms with Crippen molar-refractivity contribution in [1.82, 2.24) is 10.6 Å². The summed E-state index contributed by atoms with van der Waals surface area (Å²) in [5, 5.41) is 23.5. The monoisotopic (exact) mass is 591 g/mol. The van der Waals surface area contributed by atoms with Gasteiger partial charge < -0.3 is 26.6 Å². The highest BCUT2D eigenvalue weighted by Crippen LogP contribution is 2.11. The number of benzene rings is 1. The molecule has 0 radical (unpaired) electrons. The highest BCUT2D eigenvalue weighted by molar-refractivity contribution is 5.84. The van der Waals surface area contributed by atoms with Gasteiger partial charge in [0.25, 0.3) is 0 Å². The van der Waals surface area contributed by atoms with Crippen LogP contribution in [-0.2, 0) is 25.6 Å². The topological polar surface area (TPSA) is 159 Å². The van der Waals surface area contributed by atoms with Gasteiger partial charge in [0.15, 0.2) is 0 Å². The molecule has 0 spiro atoms. The molecule has 0 heterocycles. The van der Waals surface area contributed by atoms with Gasteiger partial charge in [-0.1, -0.05) is 108 Å². The average molecular weight is 592 g/mol. The van der Waals surface area contributed by atoms with E-state index >= 15 is 0 Å². The number of carbonyl (C=O) groups excluding carboxylic acids is 2. The van der Waals surface area contributed by atoms with Crippen molar-refractivity contribution in [2.24, 2.45) is 5.73 Å². The van der Waals surface area contributed by atoms with Crippen molar-refractivity contribution in [1.29, 1.82) is 0 Å². The van der Waals surface area contributed by atoms with Crippen LogP contribution in [0.15, 0.2) is 30.3 Å². The molecule has 0 aliphatic carbocycles. The second-order valence-corrected chi connectivity index (χ2v) is 10.9. The fourth-order valence-corrected chi connectivity index (χ4v) is 4.46. The van der Waals surface area contributed by atoms with Gasteiger partial charge in [0.05, 0.1) is 0 Å². The summed E-state index contributed by atoms with van der Waals surface area (Å²) in [6.07, 6.45) is 16.8. The van der Waals surface area contributed by atoms with Crippen molar-refractivity contribution in [3.63, 3.8) is 0 Å². The molecule has 0 saturated heterocycles. The lowest BCUT2D eigenvalue weighted by Crippen LogP contribution is -2.42. The van der Waals surface area contributed by atoms with Crippen LogP contribution in [0.3, 0.4) is 0 Å². The Labute approximate surface area is 253 Å². The summed E-state index contributed by atoms with van der Waals surface area (Å²) in [7, 11) is 0. The third-order valence-corrected chi connectivity index (χ3v) is 7.01. The largest absolute Gasteiger partial charge is 0.480 e. The number of carbonyl (C=O) groups is 4. The van der Waals surface area contributed by atoms with E-state index in [9.17, 15) is 24.3 Å². The van der Waals surface area contributed by atoms with Crippen molar-refractivity contribution < 1.29 is 29.4 Å². The Balaban J connectivity index is 0.000000865. The molecule has 0 aliphatic heterocycles. The zero-order chi connectivity index (χ0) is 31.4. The van der Waals surface area contributed by atoms with Crippen LogP contribution >= 0.6 is 0 Å². The maximum Gasteiger partial charge on any atom is 0.326 e. The standard InChI is InChI=1S/C21H33NO3.C12H24N2O3/c1-2-3-4-5-6-7-8-9-13-16-20(23)22-19(21(24)25)17-18-14-11-10-12-15-18;1-2-3-4-8-11(15)14-10(12(16)17)7-5-6-9-13/h10-12,14-15,19H,2-9,13,16-17H2,1H3,(H,22,23)(H,24,25);10H,2-9,13H2,1H3,(H,14,15)(H,16,17). The number of carboxylic acid groups (broad SMARTS) is 2. The third kappa shape index (κ3) is 22.7. The Morgan fingerprint density at radius 1 is 0.643 bits per heavy atom.